The van der Waals surface area contributed by atoms with Crippen LogP contribution in [0.2, 0.25) is 0 Å². The lowest BCUT2D eigenvalue weighted by Crippen LogP contribution is -2.48. The third-order valence-corrected chi connectivity index (χ3v) is 7.03. The summed E-state index contributed by atoms with van der Waals surface area (Å²) in [5.41, 5.74) is 1.85. The first-order valence-corrected chi connectivity index (χ1v) is 10.2. The number of allylic oxidation sites excluding steroid dienone is 1. The number of esters is 1. The molecule has 4 nitrogen and oxygen atoms in total. The Bertz CT molecular complexity index is 563. The molecular formula is C21H33NO3. The van der Waals surface area contributed by atoms with Crippen molar-refractivity contribution < 1.29 is 14.3 Å². The fraction of sp³-hybridized carbons (Fsp3) is 0.857. The van der Waals surface area contributed by atoms with E-state index in [0.29, 0.717) is 5.92 Å². The maximum atomic E-state index is 12.7. The molecule has 140 valence electrons. The third-order valence-electron chi connectivity index (χ3n) is 7.03. The highest BCUT2D eigenvalue weighted by atomic mass is 16.6. The van der Waals surface area contributed by atoms with Gasteiger partial charge in [-0.15, -0.1) is 0 Å². The Balaban J connectivity index is 1.55. The van der Waals surface area contributed by atoms with E-state index in [9.17, 15) is 4.79 Å². The van der Waals surface area contributed by atoms with Crippen LogP contribution in [0.15, 0.2) is 11.6 Å². The van der Waals surface area contributed by atoms with Crippen LogP contribution in [0.1, 0.15) is 53.4 Å². The predicted molar refractivity (Wildman–Crippen MR) is 97.1 cm³/mol. The zero-order valence-electron chi connectivity index (χ0n) is 16.2. The molecule has 3 fully saturated rings. The third kappa shape index (κ3) is 3.16. The second kappa shape index (κ2) is 6.38. The van der Waals surface area contributed by atoms with Crippen LogP contribution >= 0.6 is 0 Å². The van der Waals surface area contributed by atoms with Gasteiger partial charge in [-0.25, -0.2) is 0 Å². The average molecular weight is 347 g/mol. The normalized spacial score (nSPS) is 47.7. The van der Waals surface area contributed by atoms with Crippen molar-refractivity contribution in [3.63, 3.8) is 0 Å². The molecule has 4 heteroatoms. The van der Waals surface area contributed by atoms with Gasteiger partial charge in [0.1, 0.15) is 6.10 Å². The quantitative estimate of drug-likeness (QED) is 0.567. The molecule has 25 heavy (non-hydrogen) atoms. The number of ether oxygens (including phenoxy) is 2. The second-order valence-corrected chi connectivity index (χ2v) is 9.32. The minimum absolute atomic E-state index is 0.00586. The van der Waals surface area contributed by atoms with Crippen molar-refractivity contribution in [2.24, 2.45) is 23.2 Å². The van der Waals surface area contributed by atoms with Gasteiger partial charge in [0.25, 0.3) is 0 Å². The van der Waals surface area contributed by atoms with Crippen LogP contribution in [0, 0.1) is 23.2 Å². The van der Waals surface area contributed by atoms with Gasteiger partial charge in [-0.2, -0.15) is 0 Å². The van der Waals surface area contributed by atoms with Crippen LogP contribution in [0.4, 0.5) is 0 Å². The molecular weight excluding hydrogens is 314 g/mol. The fourth-order valence-corrected chi connectivity index (χ4v) is 5.97. The molecule has 0 bridgehead atoms. The van der Waals surface area contributed by atoms with Gasteiger partial charge in [0.2, 0.25) is 0 Å². The summed E-state index contributed by atoms with van der Waals surface area (Å²) in [6, 6.07) is 0. The van der Waals surface area contributed by atoms with Crippen molar-refractivity contribution in [2.75, 3.05) is 19.6 Å². The van der Waals surface area contributed by atoms with Crippen molar-refractivity contribution in [3.05, 3.63) is 11.6 Å². The average Bonchev–Trinajstić information content (AvgIpc) is 2.79. The molecule has 4 rings (SSSR count). The minimum Gasteiger partial charge on any atom is -0.461 e. The smallest absolute Gasteiger partial charge is 0.311 e. The summed E-state index contributed by atoms with van der Waals surface area (Å²) in [5, 5.41) is 0. The molecule has 0 unspecified atom stereocenters. The van der Waals surface area contributed by atoms with Gasteiger partial charge in [-0.05, 0) is 44.4 Å². The highest BCUT2D eigenvalue weighted by Crippen LogP contribution is 2.54. The molecule has 0 spiro atoms. The number of hydrogen-bond acceptors (Lipinski definition) is 4. The van der Waals surface area contributed by atoms with Crippen molar-refractivity contribution in [1.82, 2.24) is 4.90 Å². The molecule has 0 N–H and O–H groups in total. The summed E-state index contributed by atoms with van der Waals surface area (Å²) in [4.78, 5) is 15.1. The molecule has 0 aromatic carbocycles. The Morgan fingerprint density at radius 1 is 1.24 bits per heavy atom. The maximum absolute atomic E-state index is 12.7. The summed E-state index contributed by atoms with van der Waals surface area (Å²) >= 11 is 0. The molecule has 2 aliphatic heterocycles. The van der Waals surface area contributed by atoms with Crippen LogP contribution in [-0.2, 0) is 14.3 Å². The van der Waals surface area contributed by atoms with Crippen LogP contribution in [-0.4, -0.2) is 48.8 Å². The molecule has 4 aliphatic rings. The van der Waals surface area contributed by atoms with E-state index < -0.39 is 0 Å². The number of carbonyl (C=O) groups is 1. The maximum Gasteiger partial charge on any atom is 0.311 e. The number of hydrogen-bond donors (Lipinski definition) is 0. The van der Waals surface area contributed by atoms with Crippen molar-refractivity contribution in [3.8, 4) is 0 Å². The number of nitrogens with zero attached hydrogens (tertiary/aromatic N) is 1. The van der Waals surface area contributed by atoms with E-state index in [0.717, 1.165) is 26.1 Å². The van der Waals surface area contributed by atoms with Gasteiger partial charge in [0, 0.05) is 25.6 Å². The highest BCUT2D eigenvalue weighted by molar-refractivity contribution is 5.76. The van der Waals surface area contributed by atoms with Gasteiger partial charge in [-0.1, -0.05) is 31.9 Å². The van der Waals surface area contributed by atoms with Crippen molar-refractivity contribution >= 4 is 5.97 Å². The predicted octanol–water partition coefficient (Wildman–Crippen LogP) is 3.41. The van der Waals surface area contributed by atoms with E-state index in [-0.39, 0.29) is 41.5 Å². The summed E-state index contributed by atoms with van der Waals surface area (Å²) in [6.45, 7) is 11.6. The highest BCUT2D eigenvalue weighted by Gasteiger charge is 2.52. The van der Waals surface area contributed by atoms with Crippen molar-refractivity contribution in [2.45, 2.75) is 71.7 Å². The van der Waals surface area contributed by atoms with Gasteiger partial charge in [0.05, 0.1) is 18.1 Å². The Kier molecular flexibility index (Phi) is 4.48. The van der Waals surface area contributed by atoms with Gasteiger partial charge in [-0.3, -0.25) is 9.69 Å². The Morgan fingerprint density at radius 3 is 2.68 bits per heavy atom. The second-order valence-electron chi connectivity index (χ2n) is 9.32. The first-order chi connectivity index (χ1) is 11.9. The molecule has 2 aliphatic carbocycles. The lowest BCUT2D eigenvalue weighted by Gasteiger charge is -2.46. The van der Waals surface area contributed by atoms with Crippen LogP contribution < -0.4 is 0 Å². The van der Waals surface area contributed by atoms with E-state index in [4.69, 9.17) is 9.47 Å². The van der Waals surface area contributed by atoms with E-state index >= 15 is 0 Å². The van der Waals surface area contributed by atoms with E-state index in [1.807, 2.05) is 0 Å². The summed E-state index contributed by atoms with van der Waals surface area (Å²) in [5.74, 6) is 0.936. The van der Waals surface area contributed by atoms with Gasteiger partial charge >= 0.3 is 5.97 Å². The van der Waals surface area contributed by atoms with Crippen LogP contribution in [0.25, 0.3) is 0 Å². The Labute approximate surface area is 151 Å². The van der Waals surface area contributed by atoms with Crippen molar-refractivity contribution in [1.29, 1.82) is 0 Å². The summed E-state index contributed by atoms with van der Waals surface area (Å²) in [7, 11) is 0. The number of morpholine rings is 1. The zero-order valence-corrected chi connectivity index (χ0v) is 16.2. The summed E-state index contributed by atoms with van der Waals surface area (Å²) in [6.07, 6.45) is 7.88. The lowest BCUT2D eigenvalue weighted by molar-refractivity contribution is -0.146. The molecule has 0 amide bonds. The fourth-order valence-electron chi connectivity index (χ4n) is 5.97. The minimum atomic E-state index is -0.00586. The zero-order chi connectivity index (χ0) is 17.8. The standard InChI is InChI=1S/C21H33NO3/c1-13-6-5-7-21(4)9-19-16(8-18(13)21)17(20(23)25-19)12-22-10-14(2)24-15(3)11-22/h8,13-17,19H,5-7,9-12H2,1-4H3/t13-,14-,15-,16+,17+,19+,21+/m0/s1. The van der Waals surface area contributed by atoms with Crippen LogP contribution in [0.5, 0.6) is 0 Å². The molecule has 0 radical (unpaired) electrons. The molecule has 1 saturated carbocycles. The van der Waals surface area contributed by atoms with E-state index in [2.05, 4.69) is 38.7 Å². The topological polar surface area (TPSA) is 38.8 Å². The molecule has 2 saturated heterocycles. The van der Waals surface area contributed by atoms with Gasteiger partial charge < -0.3 is 9.47 Å². The monoisotopic (exact) mass is 347 g/mol. The summed E-state index contributed by atoms with van der Waals surface area (Å²) < 4.78 is 11.7. The molecule has 2 heterocycles. The SMILES string of the molecule is C[C@H]1CN(C[C@H]2C(=O)O[C@@H]3C[C@@]4(C)CCC[C@H](C)C4=C[C@@H]32)C[C@H](C)O1. The largest absolute Gasteiger partial charge is 0.461 e. The first kappa shape index (κ1) is 17.5. The van der Waals surface area contributed by atoms with E-state index in [1.54, 1.807) is 5.57 Å². The molecule has 0 aromatic rings. The Morgan fingerprint density at radius 2 is 1.96 bits per heavy atom. The number of rotatable bonds is 2. The molecule has 7 atom stereocenters. The van der Waals surface area contributed by atoms with E-state index in [1.165, 1.54) is 19.3 Å². The molecule has 0 aromatic heterocycles. The van der Waals surface area contributed by atoms with Gasteiger partial charge in [0.15, 0.2) is 0 Å². The van der Waals surface area contributed by atoms with Crippen LogP contribution in [0.3, 0.4) is 0 Å². The number of fused-ring (bicyclic) bond motifs is 2. The first-order valence-electron chi connectivity index (χ1n) is 10.2. The number of carbonyl (C=O) groups excluding carboxylic acids is 1. The Hall–Kier alpha value is -0.870. The lowest BCUT2D eigenvalue weighted by atomic mass is 9.59.